The van der Waals surface area contributed by atoms with E-state index < -0.39 is 0 Å². The summed E-state index contributed by atoms with van der Waals surface area (Å²) in [5.74, 6) is 1.19. The third kappa shape index (κ3) is 5.44. The van der Waals surface area contributed by atoms with Crippen molar-refractivity contribution >= 4 is 22.4 Å². The largest absolute Gasteiger partial charge is 0.493 e. The average Bonchev–Trinajstić information content (AvgIpc) is 2.87. The highest BCUT2D eigenvalue weighted by Crippen LogP contribution is 2.18. The Kier molecular flexibility index (Phi) is 5.89. The van der Waals surface area contributed by atoms with E-state index in [4.69, 9.17) is 4.74 Å². The van der Waals surface area contributed by atoms with Crippen molar-refractivity contribution < 1.29 is 9.53 Å². The predicted molar refractivity (Wildman–Crippen MR) is 88.4 cm³/mol. The highest BCUT2D eigenvalue weighted by Gasteiger charge is 2.09. The minimum Gasteiger partial charge on any atom is -0.493 e. The van der Waals surface area contributed by atoms with Crippen LogP contribution in [-0.4, -0.2) is 22.7 Å². The molecule has 0 saturated carbocycles. The third-order valence-corrected chi connectivity index (χ3v) is 3.78. The van der Waals surface area contributed by atoms with Gasteiger partial charge in [-0.3, -0.25) is 4.79 Å². The summed E-state index contributed by atoms with van der Waals surface area (Å²) >= 11 is 1.43. The van der Waals surface area contributed by atoms with Crippen molar-refractivity contribution in [3.8, 4) is 5.75 Å². The molecule has 5 nitrogen and oxygen atoms in total. The molecule has 2 aromatic rings. The lowest BCUT2D eigenvalue weighted by molar-refractivity contribution is -0.116. The molecule has 22 heavy (non-hydrogen) atoms. The number of nitrogens with one attached hydrogen (secondary N) is 1. The van der Waals surface area contributed by atoms with Crippen LogP contribution in [0.15, 0.2) is 24.3 Å². The van der Waals surface area contributed by atoms with E-state index in [0.717, 1.165) is 17.2 Å². The van der Waals surface area contributed by atoms with E-state index in [1.807, 2.05) is 31.2 Å². The van der Waals surface area contributed by atoms with Gasteiger partial charge in [-0.15, -0.1) is 10.2 Å². The van der Waals surface area contributed by atoms with Crippen molar-refractivity contribution in [2.45, 2.75) is 33.6 Å². The topological polar surface area (TPSA) is 64.1 Å². The number of rotatable bonds is 7. The molecule has 1 aromatic heterocycles. The summed E-state index contributed by atoms with van der Waals surface area (Å²) in [6, 6.07) is 7.76. The molecule has 0 atom stereocenters. The maximum atomic E-state index is 11.8. The van der Waals surface area contributed by atoms with Gasteiger partial charge in [-0.05, 0) is 25.0 Å². The molecule has 1 heterocycles. The van der Waals surface area contributed by atoms with E-state index in [0.29, 0.717) is 17.7 Å². The molecule has 1 amide bonds. The van der Waals surface area contributed by atoms with Crippen LogP contribution in [0.5, 0.6) is 5.75 Å². The molecule has 1 aromatic carbocycles. The van der Waals surface area contributed by atoms with Gasteiger partial charge in [0.05, 0.1) is 13.0 Å². The molecule has 0 spiro atoms. The SMILES string of the molecule is Cc1ccc(OCCC(=O)Nc2nnc(CC(C)C)s2)cc1. The summed E-state index contributed by atoms with van der Waals surface area (Å²) in [5.41, 5.74) is 1.18. The molecule has 0 aliphatic carbocycles. The Morgan fingerprint density at radius 3 is 2.68 bits per heavy atom. The number of hydrogen-bond acceptors (Lipinski definition) is 5. The zero-order valence-electron chi connectivity index (χ0n) is 13.1. The lowest BCUT2D eigenvalue weighted by Crippen LogP contribution is -2.15. The van der Waals surface area contributed by atoms with Crippen molar-refractivity contribution in [1.29, 1.82) is 0 Å². The van der Waals surface area contributed by atoms with Crippen LogP contribution in [0.1, 0.15) is 30.8 Å². The van der Waals surface area contributed by atoms with Gasteiger partial charge in [-0.25, -0.2) is 0 Å². The minimum absolute atomic E-state index is 0.112. The lowest BCUT2D eigenvalue weighted by atomic mass is 10.1. The zero-order valence-corrected chi connectivity index (χ0v) is 13.9. The number of anilines is 1. The van der Waals surface area contributed by atoms with E-state index in [-0.39, 0.29) is 12.3 Å². The Morgan fingerprint density at radius 1 is 1.27 bits per heavy atom. The van der Waals surface area contributed by atoms with Gasteiger partial charge in [-0.2, -0.15) is 0 Å². The van der Waals surface area contributed by atoms with Crippen LogP contribution in [0.2, 0.25) is 0 Å². The molecule has 0 aliphatic heterocycles. The second-order valence-electron chi connectivity index (χ2n) is 5.56. The van der Waals surface area contributed by atoms with E-state index >= 15 is 0 Å². The number of nitrogens with zero attached hydrogens (tertiary/aromatic N) is 2. The molecule has 0 bridgehead atoms. The fourth-order valence-corrected chi connectivity index (χ4v) is 2.78. The van der Waals surface area contributed by atoms with Crippen LogP contribution in [-0.2, 0) is 11.2 Å². The van der Waals surface area contributed by atoms with Gasteiger partial charge in [-0.1, -0.05) is 42.9 Å². The molecule has 0 aliphatic rings. The molecule has 6 heteroatoms. The van der Waals surface area contributed by atoms with Crippen LogP contribution in [0.4, 0.5) is 5.13 Å². The molecule has 0 fully saturated rings. The zero-order chi connectivity index (χ0) is 15.9. The highest BCUT2D eigenvalue weighted by molar-refractivity contribution is 7.15. The second-order valence-corrected chi connectivity index (χ2v) is 6.62. The van der Waals surface area contributed by atoms with E-state index in [2.05, 4.69) is 29.4 Å². The third-order valence-electron chi connectivity index (χ3n) is 2.91. The Balaban J connectivity index is 1.73. The molecular formula is C16H21N3O2S. The van der Waals surface area contributed by atoms with Crippen molar-refractivity contribution in [3.63, 3.8) is 0 Å². The van der Waals surface area contributed by atoms with E-state index in [9.17, 15) is 4.79 Å². The molecule has 118 valence electrons. The molecular weight excluding hydrogens is 298 g/mol. The smallest absolute Gasteiger partial charge is 0.229 e. The van der Waals surface area contributed by atoms with Gasteiger partial charge in [0.15, 0.2) is 0 Å². The van der Waals surface area contributed by atoms with Crippen LogP contribution in [0.3, 0.4) is 0 Å². The van der Waals surface area contributed by atoms with Gasteiger partial charge in [0.2, 0.25) is 11.0 Å². The van der Waals surface area contributed by atoms with Gasteiger partial charge >= 0.3 is 0 Å². The number of benzene rings is 1. The van der Waals surface area contributed by atoms with E-state index in [1.54, 1.807) is 0 Å². The molecule has 2 rings (SSSR count). The first-order chi connectivity index (χ1) is 10.5. The fourth-order valence-electron chi connectivity index (χ4n) is 1.81. The Labute approximate surface area is 134 Å². The maximum Gasteiger partial charge on any atom is 0.229 e. The summed E-state index contributed by atoms with van der Waals surface area (Å²) in [4.78, 5) is 11.8. The Hall–Kier alpha value is -1.95. The molecule has 0 unspecified atom stereocenters. The summed E-state index contributed by atoms with van der Waals surface area (Å²) in [5, 5.41) is 12.3. The monoisotopic (exact) mass is 319 g/mol. The normalized spacial score (nSPS) is 10.7. The van der Waals surface area contributed by atoms with Crippen molar-refractivity contribution in [2.24, 2.45) is 5.92 Å². The van der Waals surface area contributed by atoms with Gasteiger partial charge in [0.1, 0.15) is 10.8 Å². The first-order valence-corrected chi connectivity index (χ1v) is 8.16. The number of aromatic nitrogens is 2. The first kappa shape index (κ1) is 16.4. The standard InChI is InChI=1S/C16H21N3O2S/c1-11(2)10-15-18-19-16(22-15)17-14(20)8-9-21-13-6-4-12(3)5-7-13/h4-7,11H,8-10H2,1-3H3,(H,17,19,20). The molecule has 0 radical (unpaired) electrons. The number of carbonyl (C=O) groups is 1. The number of aryl methyl sites for hydroxylation is 1. The second kappa shape index (κ2) is 7.89. The molecule has 0 saturated heterocycles. The van der Waals surface area contributed by atoms with Crippen molar-refractivity contribution in [1.82, 2.24) is 10.2 Å². The minimum atomic E-state index is -0.112. The summed E-state index contributed by atoms with van der Waals surface area (Å²) in [6.07, 6.45) is 1.16. The Bertz CT molecular complexity index is 608. The quantitative estimate of drug-likeness (QED) is 0.849. The number of ether oxygens (including phenoxy) is 1. The lowest BCUT2D eigenvalue weighted by Gasteiger charge is -2.06. The fraction of sp³-hybridized carbons (Fsp3) is 0.438. The van der Waals surface area contributed by atoms with Crippen LogP contribution < -0.4 is 10.1 Å². The summed E-state index contributed by atoms with van der Waals surface area (Å²) in [7, 11) is 0. The van der Waals surface area contributed by atoms with Gasteiger partial charge in [0, 0.05) is 6.42 Å². The molecule has 1 N–H and O–H groups in total. The van der Waals surface area contributed by atoms with Crippen LogP contribution >= 0.6 is 11.3 Å². The highest BCUT2D eigenvalue weighted by atomic mass is 32.1. The number of carbonyl (C=O) groups excluding carboxylic acids is 1. The number of amides is 1. The maximum absolute atomic E-state index is 11.8. The predicted octanol–water partition coefficient (Wildman–Crippen LogP) is 3.45. The van der Waals surface area contributed by atoms with Gasteiger partial charge in [0.25, 0.3) is 0 Å². The van der Waals surface area contributed by atoms with Crippen molar-refractivity contribution in [2.75, 3.05) is 11.9 Å². The summed E-state index contributed by atoms with van der Waals surface area (Å²) < 4.78 is 5.53. The van der Waals surface area contributed by atoms with Crippen LogP contribution in [0.25, 0.3) is 0 Å². The average molecular weight is 319 g/mol. The van der Waals surface area contributed by atoms with E-state index in [1.165, 1.54) is 16.9 Å². The summed E-state index contributed by atoms with van der Waals surface area (Å²) in [6.45, 7) is 6.61. The van der Waals surface area contributed by atoms with Gasteiger partial charge < -0.3 is 10.1 Å². The van der Waals surface area contributed by atoms with Crippen LogP contribution in [0, 0.1) is 12.8 Å². The first-order valence-electron chi connectivity index (χ1n) is 7.34. The van der Waals surface area contributed by atoms with Crippen molar-refractivity contribution in [3.05, 3.63) is 34.8 Å². The Morgan fingerprint density at radius 2 is 2.00 bits per heavy atom. The number of hydrogen-bond donors (Lipinski definition) is 1.